The number of fused-ring (bicyclic) bond motifs is 1. The molecule has 108 valence electrons. The summed E-state index contributed by atoms with van der Waals surface area (Å²) >= 11 is 0. The van der Waals surface area contributed by atoms with E-state index in [2.05, 4.69) is 24.9 Å². The standard InChI is InChI=1S/C11H9N5O4S/c17-10-6-2-1-3-7(9(6)11(18)15-14-10)16-21(19,20)8-4-12-5-13-8/h1-5,16H,(H,12,13)(H,14,17)(H,15,18). The average molecular weight is 307 g/mol. The molecule has 9 nitrogen and oxygen atoms in total. The van der Waals surface area contributed by atoms with Crippen molar-refractivity contribution in [2.24, 2.45) is 0 Å². The van der Waals surface area contributed by atoms with E-state index >= 15 is 0 Å². The molecule has 3 rings (SSSR count). The summed E-state index contributed by atoms with van der Waals surface area (Å²) in [5.74, 6) is 0. The van der Waals surface area contributed by atoms with Crippen LogP contribution in [0.4, 0.5) is 5.69 Å². The fourth-order valence-corrected chi connectivity index (χ4v) is 2.88. The molecule has 0 saturated heterocycles. The van der Waals surface area contributed by atoms with Crippen LogP contribution >= 0.6 is 0 Å². The van der Waals surface area contributed by atoms with Crippen LogP contribution in [-0.4, -0.2) is 28.6 Å². The van der Waals surface area contributed by atoms with E-state index in [1.165, 1.54) is 24.5 Å². The van der Waals surface area contributed by atoms with Crippen LogP contribution in [0, 0.1) is 0 Å². The number of H-pyrrole nitrogens is 3. The number of hydrogen-bond donors (Lipinski definition) is 4. The molecule has 1 aromatic carbocycles. The van der Waals surface area contributed by atoms with Crippen LogP contribution in [0.1, 0.15) is 0 Å². The molecule has 0 saturated carbocycles. The Kier molecular flexibility index (Phi) is 2.87. The molecule has 0 unspecified atom stereocenters. The molecule has 10 heteroatoms. The van der Waals surface area contributed by atoms with E-state index in [1.807, 2.05) is 0 Å². The Labute approximate surface area is 117 Å². The van der Waals surface area contributed by atoms with Crippen molar-refractivity contribution in [1.82, 2.24) is 20.2 Å². The second kappa shape index (κ2) is 4.59. The SMILES string of the molecule is O=c1[nH][nH]c(=O)c2c(NS(=O)(=O)c3cnc[nH]3)cccc12. The third kappa shape index (κ3) is 2.21. The minimum atomic E-state index is -3.92. The summed E-state index contributed by atoms with van der Waals surface area (Å²) in [4.78, 5) is 29.6. The Bertz CT molecular complexity index is 1020. The van der Waals surface area contributed by atoms with Gasteiger partial charge in [0.15, 0.2) is 5.03 Å². The molecule has 0 aliphatic heterocycles. The minimum absolute atomic E-state index is 0.00875. The van der Waals surface area contributed by atoms with Gasteiger partial charge in [-0.2, -0.15) is 8.42 Å². The predicted octanol–water partition coefficient (Wildman–Crippen LogP) is -0.260. The maximum absolute atomic E-state index is 12.1. The summed E-state index contributed by atoms with van der Waals surface area (Å²) in [6.45, 7) is 0. The summed E-state index contributed by atoms with van der Waals surface area (Å²) in [6, 6.07) is 4.30. The first-order valence-corrected chi connectivity index (χ1v) is 7.22. The van der Waals surface area contributed by atoms with E-state index < -0.39 is 21.1 Å². The van der Waals surface area contributed by atoms with Crippen LogP contribution < -0.4 is 15.8 Å². The van der Waals surface area contributed by atoms with Crippen LogP contribution in [-0.2, 0) is 10.0 Å². The van der Waals surface area contributed by atoms with Crippen LogP contribution in [0.5, 0.6) is 0 Å². The summed E-state index contributed by atoms with van der Waals surface area (Å²) in [6.07, 6.45) is 2.35. The zero-order chi connectivity index (χ0) is 15.0. The highest BCUT2D eigenvalue weighted by molar-refractivity contribution is 7.92. The number of anilines is 1. The zero-order valence-corrected chi connectivity index (χ0v) is 11.2. The van der Waals surface area contributed by atoms with Gasteiger partial charge in [-0.25, -0.2) is 4.98 Å². The molecule has 0 aliphatic carbocycles. The molecule has 0 fully saturated rings. The molecule has 3 aromatic rings. The number of benzene rings is 1. The number of sulfonamides is 1. The summed E-state index contributed by atoms with van der Waals surface area (Å²) < 4.78 is 26.5. The molecular weight excluding hydrogens is 298 g/mol. The highest BCUT2D eigenvalue weighted by Gasteiger charge is 2.18. The quantitative estimate of drug-likeness (QED) is 0.527. The minimum Gasteiger partial charge on any atom is -0.334 e. The Balaban J connectivity index is 2.21. The normalized spacial score (nSPS) is 11.6. The van der Waals surface area contributed by atoms with E-state index in [0.29, 0.717) is 0 Å². The van der Waals surface area contributed by atoms with Gasteiger partial charge < -0.3 is 4.98 Å². The summed E-state index contributed by atoms with van der Waals surface area (Å²) in [7, 11) is -3.92. The average Bonchev–Trinajstić information content (AvgIpc) is 2.98. The van der Waals surface area contributed by atoms with Crippen LogP contribution in [0.2, 0.25) is 0 Å². The second-order valence-electron chi connectivity index (χ2n) is 4.16. The summed E-state index contributed by atoms with van der Waals surface area (Å²) in [5.41, 5.74) is -1.12. The van der Waals surface area contributed by atoms with Gasteiger partial charge in [0.1, 0.15) is 0 Å². The van der Waals surface area contributed by atoms with Crippen molar-refractivity contribution < 1.29 is 8.42 Å². The Morgan fingerprint density at radius 2 is 1.86 bits per heavy atom. The Morgan fingerprint density at radius 3 is 2.57 bits per heavy atom. The van der Waals surface area contributed by atoms with Crippen molar-refractivity contribution in [3.8, 4) is 0 Å². The second-order valence-corrected chi connectivity index (χ2v) is 5.81. The number of imidazole rings is 1. The van der Waals surface area contributed by atoms with Crippen molar-refractivity contribution in [2.75, 3.05) is 4.72 Å². The fraction of sp³-hybridized carbons (Fsp3) is 0. The van der Waals surface area contributed by atoms with E-state index in [9.17, 15) is 18.0 Å². The molecular formula is C11H9N5O4S. The maximum atomic E-state index is 12.1. The van der Waals surface area contributed by atoms with E-state index in [1.54, 1.807) is 0 Å². The lowest BCUT2D eigenvalue weighted by Crippen LogP contribution is -2.21. The molecule has 2 heterocycles. The lowest BCUT2D eigenvalue weighted by atomic mass is 10.2. The van der Waals surface area contributed by atoms with Gasteiger partial charge in [0.25, 0.3) is 21.1 Å². The zero-order valence-electron chi connectivity index (χ0n) is 10.4. The van der Waals surface area contributed by atoms with Gasteiger partial charge in [-0.15, -0.1) is 0 Å². The first kappa shape index (κ1) is 13.1. The number of rotatable bonds is 3. The molecule has 21 heavy (non-hydrogen) atoms. The molecule has 0 amide bonds. The van der Waals surface area contributed by atoms with Gasteiger partial charge in [-0.1, -0.05) is 6.07 Å². The number of nitrogens with one attached hydrogen (secondary N) is 4. The van der Waals surface area contributed by atoms with Gasteiger partial charge in [0.05, 0.1) is 29.0 Å². The number of nitrogens with zero attached hydrogens (tertiary/aromatic N) is 1. The Hall–Kier alpha value is -2.88. The number of aromatic amines is 3. The van der Waals surface area contributed by atoms with Crippen LogP contribution in [0.25, 0.3) is 10.8 Å². The molecule has 0 atom stereocenters. The van der Waals surface area contributed by atoms with Gasteiger partial charge in [-0.3, -0.25) is 24.5 Å². The molecule has 0 spiro atoms. The first-order chi connectivity index (χ1) is 9.99. The van der Waals surface area contributed by atoms with Gasteiger partial charge in [-0.05, 0) is 12.1 Å². The fourth-order valence-electron chi connectivity index (χ4n) is 1.90. The van der Waals surface area contributed by atoms with Crippen molar-refractivity contribution in [2.45, 2.75) is 5.03 Å². The first-order valence-electron chi connectivity index (χ1n) is 5.74. The molecule has 0 bridgehead atoms. The molecule has 0 radical (unpaired) electrons. The smallest absolute Gasteiger partial charge is 0.278 e. The van der Waals surface area contributed by atoms with Crippen LogP contribution in [0.3, 0.4) is 0 Å². The highest BCUT2D eigenvalue weighted by atomic mass is 32.2. The number of aromatic nitrogens is 4. The van der Waals surface area contributed by atoms with E-state index in [-0.39, 0.29) is 21.5 Å². The van der Waals surface area contributed by atoms with Crippen molar-refractivity contribution in [3.05, 3.63) is 51.4 Å². The lowest BCUT2D eigenvalue weighted by Gasteiger charge is -2.08. The maximum Gasteiger partial charge on any atom is 0.278 e. The monoisotopic (exact) mass is 307 g/mol. The largest absolute Gasteiger partial charge is 0.334 e. The van der Waals surface area contributed by atoms with E-state index in [4.69, 9.17) is 0 Å². The highest BCUT2D eigenvalue weighted by Crippen LogP contribution is 2.20. The predicted molar refractivity (Wildman–Crippen MR) is 74.6 cm³/mol. The molecule has 4 N–H and O–H groups in total. The lowest BCUT2D eigenvalue weighted by molar-refractivity contribution is 0.598. The van der Waals surface area contributed by atoms with Gasteiger partial charge in [0.2, 0.25) is 0 Å². The third-order valence-electron chi connectivity index (χ3n) is 2.83. The molecule has 0 aliphatic rings. The van der Waals surface area contributed by atoms with Gasteiger partial charge in [0, 0.05) is 0 Å². The summed E-state index contributed by atoms with van der Waals surface area (Å²) in [5, 5.41) is 4.23. The van der Waals surface area contributed by atoms with Gasteiger partial charge >= 0.3 is 0 Å². The van der Waals surface area contributed by atoms with Crippen molar-refractivity contribution in [1.29, 1.82) is 0 Å². The third-order valence-corrected chi connectivity index (χ3v) is 4.12. The van der Waals surface area contributed by atoms with E-state index in [0.717, 1.165) is 6.20 Å². The Morgan fingerprint density at radius 1 is 1.10 bits per heavy atom. The van der Waals surface area contributed by atoms with Crippen molar-refractivity contribution in [3.63, 3.8) is 0 Å². The molecule has 2 aromatic heterocycles. The van der Waals surface area contributed by atoms with Crippen LogP contribution in [0.15, 0.2) is 45.3 Å². The van der Waals surface area contributed by atoms with Crippen molar-refractivity contribution >= 4 is 26.5 Å². The number of hydrogen-bond acceptors (Lipinski definition) is 5. The topological polar surface area (TPSA) is 141 Å².